The zero-order valence-corrected chi connectivity index (χ0v) is 15.2. The third kappa shape index (κ3) is 7.27. The number of methoxy groups -OCH3 is 1. The fourth-order valence-corrected chi connectivity index (χ4v) is 2.53. The van der Waals surface area contributed by atoms with Gasteiger partial charge in [-0.05, 0) is 44.8 Å². The van der Waals surface area contributed by atoms with Crippen molar-refractivity contribution in [1.82, 2.24) is 10.2 Å². The number of nitrogens with zero attached hydrogens (tertiary/aromatic N) is 2. The van der Waals surface area contributed by atoms with E-state index in [2.05, 4.69) is 70.4 Å². The lowest BCUT2D eigenvalue weighted by Gasteiger charge is -2.24. The number of ether oxygens (including phenoxy) is 1. The Morgan fingerprint density at radius 1 is 1.19 bits per heavy atom. The molecule has 0 fully saturated rings. The van der Waals surface area contributed by atoms with Gasteiger partial charge in [0.1, 0.15) is 0 Å². The summed E-state index contributed by atoms with van der Waals surface area (Å²) in [6.45, 7) is 4.64. The maximum absolute atomic E-state index is 5.07. The third-order valence-corrected chi connectivity index (χ3v) is 3.85. The third-order valence-electron chi connectivity index (χ3n) is 3.36. The predicted molar refractivity (Wildman–Crippen MR) is 94.2 cm³/mol. The molecule has 5 heteroatoms. The van der Waals surface area contributed by atoms with Crippen LogP contribution in [0.2, 0.25) is 0 Å². The summed E-state index contributed by atoms with van der Waals surface area (Å²) in [6.07, 6.45) is 1.16. The van der Waals surface area contributed by atoms with Crippen LogP contribution >= 0.6 is 15.9 Å². The van der Waals surface area contributed by atoms with Gasteiger partial charge in [0.15, 0.2) is 0 Å². The minimum Gasteiger partial charge on any atom is -0.383 e. The number of benzene rings is 1. The Balaban J connectivity index is 2.62. The molecule has 0 bridgehead atoms. The van der Waals surface area contributed by atoms with Crippen molar-refractivity contribution in [3.05, 3.63) is 28.2 Å². The largest absolute Gasteiger partial charge is 0.383 e. The Labute approximate surface area is 137 Å². The standard InChI is InChI=1S/C16H28BrN3O/c1-19(2)9-5-10-20(3)16-12-15(17)7-6-14(16)13-18-8-11-21-4/h6-7,12,18H,5,8-11,13H2,1-4H3. The van der Waals surface area contributed by atoms with Crippen molar-refractivity contribution in [2.45, 2.75) is 13.0 Å². The van der Waals surface area contributed by atoms with E-state index in [1.807, 2.05) is 0 Å². The molecule has 0 aliphatic heterocycles. The maximum atomic E-state index is 5.07. The van der Waals surface area contributed by atoms with Crippen LogP contribution in [0.1, 0.15) is 12.0 Å². The molecule has 0 heterocycles. The first-order valence-electron chi connectivity index (χ1n) is 7.38. The molecular weight excluding hydrogens is 330 g/mol. The van der Waals surface area contributed by atoms with E-state index in [1.54, 1.807) is 7.11 Å². The summed E-state index contributed by atoms with van der Waals surface area (Å²) in [5.74, 6) is 0. The maximum Gasteiger partial charge on any atom is 0.0587 e. The molecule has 0 atom stereocenters. The first kappa shape index (κ1) is 18.4. The summed E-state index contributed by atoms with van der Waals surface area (Å²) in [5.41, 5.74) is 2.61. The summed E-state index contributed by atoms with van der Waals surface area (Å²) in [4.78, 5) is 4.56. The second kappa shape index (κ2) is 10.2. The van der Waals surface area contributed by atoms with Gasteiger partial charge in [-0.1, -0.05) is 22.0 Å². The monoisotopic (exact) mass is 357 g/mol. The number of anilines is 1. The molecule has 0 radical (unpaired) electrons. The van der Waals surface area contributed by atoms with Crippen LogP contribution in [0.5, 0.6) is 0 Å². The van der Waals surface area contributed by atoms with Crippen LogP contribution in [0.15, 0.2) is 22.7 Å². The van der Waals surface area contributed by atoms with E-state index in [4.69, 9.17) is 4.74 Å². The van der Waals surface area contributed by atoms with Gasteiger partial charge in [0.25, 0.3) is 0 Å². The van der Waals surface area contributed by atoms with E-state index < -0.39 is 0 Å². The highest BCUT2D eigenvalue weighted by molar-refractivity contribution is 9.10. The van der Waals surface area contributed by atoms with E-state index in [9.17, 15) is 0 Å². The van der Waals surface area contributed by atoms with E-state index in [-0.39, 0.29) is 0 Å². The van der Waals surface area contributed by atoms with Crippen molar-refractivity contribution in [2.24, 2.45) is 0 Å². The average molecular weight is 358 g/mol. The van der Waals surface area contributed by atoms with Crippen molar-refractivity contribution >= 4 is 21.6 Å². The van der Waals surface area contributed by atoms with Crippen molar-refractivity contribution in [3.63, 3.8) is 0 Å². The fourth-order valence-electron chi connectivity index (χ4n) is 2.18. The molecule has 0 aliphatic carbocycles. The molecule has 21 heavy (non-hydrogen) atoms. The molecule has 1 aromatic carbocycles. The Kier molecular flexibility index (Phi) is 8.92. The summed E-state index contributed by atoms with van der Waals surface area (Å²) in [5, 5.41) is 3.42. The SMILES string of the molecule is COCCNCc1ccc(Br)cc1N(C)CCCN(C)C. The number of rotatable bonds is 10. The molecule has 0 aromatic heterocycles. The van der Waals surface area contributed by atoms with Gasteiger partial charge in [-0.15, -0.1) is 0 Å². The van der Waals surface area contributed by atoms with Gasteiger partial charge in [0.05, 0.1) is 6.61 Å². The first-order valence-corrected chi connectivity index (χ1v) is 8.18. The van der Waals surface area contributed by atoms with Gasteiger partial charge < -0.3 is 19.9 Å². The van der Waals surface area contributed by atoms with Crippen LogP contribution in [0.3, 0.4) is 0 Å². The molecule has 0 unspecified atom stereocenters. The van der Waals surface area contributed by atoms with Crippen LogP contribution < -0.4 is 10.2 Å². The normalized spacial score (nSPS) is 11.1. The zero-order chi connectivity index (χ0) is 15.7. The van der Waals surface area contributed by atoms with E-state index in [1.165, 1.54) is 11.3 Å². The van der Waals surface area contributed by atoms with E-state index in [0.717, 1.165) is 43.7 Å². The lowest BCUT2D eigenvalue weighted by Crippen LogP contribution is -2.25. The van der Waals surface area contributed by atoms with Crippen molar-refractivity contribution in [3.8, 4) is 0 Å². The first-order chi connectivity index (χ1) is 10.0. The minimum absolute atomic E-state index is 0.741. The molecule has 1 rings (SSSR count). The second-order valence-corrected chi connectivity index (χ2v) is 6.44. The second-order valence-electron chi connectivity index (χ2n) is 5.52. The molecule has 4 nitrogen and oxygen atoms in total. The van der Waals surface area contributed by atoms with Crippen LogP contribution in [0.25, 0.3) is 0 Å². The number of hydrogen-bond donors (Lipinski definition) is 1. The lowest BCUT2D eigenvalue weighted by atomic mass is 10.1. The van der Waals surface area contributed by atoms with Crippen molar-refractivity contribution < 1.29 is 4.74 Å². The molecule has 1 aromatic rings. The summed E-state index contributed by atoms with van der Waals surface area (Å²) in [6, 6.07) is 6.48. The molecular formula is C16H28BrN3O. The van der Waals surface area contributed by atoms with Gasteiger partial charge in [0, 0.05) is 44.0 Å². The zero-order valence-electron chi connectivity index (χ0n) is 13.7. The average Bonchev–Trinajstić information content (AvgIpc) is 2.44. The Morgan fingerprint density at radius 2 is 1.95 bits per heavy atom. The number of nitrogens with one attached hydrogen (secondary N) is 1. The molecule has 1 N–H and O–H groups in total. The van der Waals surface area contributed by atoms with Crippen LogP contribution in [0, 0.1) is 0 Å². The van der Waals surface area contributed by atoms with Gasteiger partial charge >= 0.3 is 0 Å². The van der Waals surface area contributed by atoms with Gasteiger partial charge in [-0.2, -0.15) is 0 Å². The van der Waals surface area contributed by atoms with Crippen LogP contribution in [-0.4, -0.2) is 59.4 Å². The Bertz CT molecular complexity index is 413. The van der Waals surface area contributed by atoms with Crippen molar-refractivity contribution in [2.75, 3.05) is 59.4 Å². The van der Waals surface area contributed by atoms with Gasteiger partial charge in [-0.25, -0.2) is 0 Å². The Morgan fingerprint density at radius 3 is 2.62 bits per heavy atom. The molecule has 120 valence electrons. The van der Waals surface area contributed by atoms with Gasteiger partial charge in [-0.3, -0.25) is 0 Å². The smallest absolute Gasteiger partial charge is 0.0587 e. The molecule has 0 aliphatic rings. The Hall–Kier alpha value is -0.620. The summed E-state index contributed by atoms with van der Waals surface area (Å²) < 4.78 is 6.19. The lowest BCUT2D eigenvalue weighted by molar-refractivity contribution is 0.199. The molecule has 0 spiro atoms. The van der Waals surface area contributed by atoms with Crippen LogP contribution in [-0.2, 0) is 11.3 Å². The molecule has 0 amide bonds. The molecule has 0 saturated carbocycles. The van der Waals surface area contributed by atoms with Crippen molar-refractivity contribution in [1.29, 1.82) is 0 Å². The quantitative estimate of drug-likeness (QED) is 0.651. The predicted octanol–water partition coefficient (Wildman–Crippen LogP) is 2.57. The van der Waals surface area contributed by atoms with E-state index in [0.29, 0.717) is 0 Å². The highest BCUT2D eigenvalue weighted by Gasteiger charge is 2.08. The highest BCUT2D eigenvalue weighted by atomic mass is 79.9. The fraction of sp³-hybridized carbons (Fsp3) is 0.625. The highest BCUT2D eigenvalue weighted by Crippen LogP contribution is 2.24. The van der Waals surface area contributed by atoms with E-state index >= 15 is 0 Å². The molecule has 0 saturated heterocycles. The number of hydrogen-bond acceptors (Lipinski definition) is 4. The van der Waals surface area contributed by atoms with Gasteiger partial charge in [0.2, 0.25) is 0 Å². The summed E-state index contributed by atoms with van der Waals surface area (Å²) in [7, 11) is 8.12. The topological polar surface area (TPSA) is 27.7 Å². The summed E-state index contributed by atoms with van der Waals surface area (Å²) >= 11 is 3.57. The number of halogens is 1. The van der Waals surface area contributed by atoms with Crippen LogP contribution in [0.4, 0.5) is 5.69 Å². The minimum atomic E-state index is 0.741.